The molecule has 1 aliphatic rings. The van der Waals surface area contributed by atoms with E-state index >= 15 is 0 Å². The van der Waals surface area contributed by atoms with Crippen molar-refractivity contribution < 1.29 is 9.59 Å². The molecule has 2 aromatic carbocycles. The van der Waals surface area contributed by atoms with Gasteiger partial charge < -0.3 is 4.98 Å². The second-order valence-corrected chi connectivity index (χ2v) is 5.68. The van der Waals surface area contributed by atoms with Crippen LogP contribution in [0.5, 0.6) is 0 Å². The van der Waals surface area contributed by atoms with Gasteiger partial charge >= 0.3 is 0 Å². The second kappa shape index (κ2) is 4.14. The third-order valence-corrected chi connectivity index (χ3v) is 4.36. The zero-order chi connectivity index (χ0) is 15.6. The predicted molar refractivity (Wildman–Crippen MR) is 89.5 cm³/mol. The number of H-pyrrole nitrogens is 1. The molecule has 0 spiro atoms. The van der Waals surface area contributed by atoms with Gasteiger partial charge in [0.2, 0.25) is 11.6 Å². The van der Waals surface area contributed by atoms with E-state index < -0.39 is 11.6 Å². The van der Waals surface area contributed by atoms with Gasteiger partial charge in [-0.25, -0.2) is 4.98 Å². The average molecular weight is 298 g/mol. The van der Waals surface area contributed by atoms with Crippen LogP contribution in [0, 0.1) is 0 Å². The fraction of sp³-hybridized carbons (Fsp3) is 0. The van der Waals surface area contributed by atoms with Gasteiger partial charge in [-0.2, -0.15) is 0 Å². The molecule has 23 heavy (non-hydrogen) atoms. The first-order valence-corrected chi connectivity index (χ1v) is 7.33. The molecule has 4 nitrogen and oxygen atoms in total. The van der Waals surface area contributed by atoms with Gasteiger partial charge in [0.05, 0.1) is 22.3 Å². The van der Waals surface area contributed by atoms with E-state index in [0.29, 0.717) is 11.3 Å². The van der Waals surface area contributed by atoms with Crippen LogP contribution in [0.3, 0.4) is 0 Å². The highest BCUT2D eigenvalue weighted by Crippen LogP contribution is 2.32. The molecule has 1 aliphatic carbocycles. The molecule has 5 rings (SSSR count). The molecule has 1 N–H and O–H groups in total. The Morgan fingerprint density at radius 1 is 0.870 bits per heavy atom. The summed E-state index contributed by atoms with van der Waals surface area (Å²) >= 11 is 0. The number of aromatic nitrogens is 2. The maximum absolute atomic E-state index is 12.1. The summed E-state index contributed by atoms with van der Waals surface area (Å²) in [7, 11) is 0. The number of rotatable bonds is 0. The first-order chi connectivity index (χ1) is 11.2. The van der Waals surface area contributed by atoms with Gasteiger partial charge in [-0.15, -0.1) is 0 Å². The van der Waals surface area contributed by atoms with Crippen molar-refractivity contribution >= 4 is 50.4 Å². The fourth-order valence-electron chi connectivity index (χ4n) is 3.24. The number of pyridine rings is 1. The van der Waals surface area contributed by atoms with Gasteiger partial charge in [0, 0.05) is 21.7 Å². The van der Waals surface area contributed by atoms with Crippen molar-refractivity contribution in [3.05, 3.63) is 59.8 Å². The Labute approximate surface area is 130 Å². The number of nitrogens with zero attached hydrogens (tertiary/aromatic N) is 1. The summed E-state index contributed by atoms with van der Waals surface area (Å²) in [5.74, 6) is -0.966. The van der Waals surface area contributed by atoms with Gasteiger partial charge in [0.25, 0.3) is 0 Å². The van der Waals surface area contributed by atoms with Gasteiger partial charge in [0.1, 0.15) is 0 Å². The minimum Gasteiger partial charge on any atom is -0.354 e. The van der Waals surface area contributed by atoms with E-state index in [-0.39, 0.29) is 0 Å². The molecule has 108 valence electrons. The van der Waals surface area contributed by atoms with E-state index in [1.807, 2.05) is 36.4 Å². The lowest BCUT2D eigenvalue weighted by Gasteiger charge is -2.11. The molecule has 0 saturated heterocycles. The van der Waals surface area contributed by atoms with Crippen LogP contribution in [0.15, 0.2) is 48.5 Å². The molecular weight excluding hydrogens is 288 g/mol. The Balaban J connectivity index is 1.96. The van der Waals surface area contributed by atoms with Crippen molar-refractivity contribution in [2.24, 2.45) is 0 Å². The Hall–Kier alpha value is -3.27. The quantitative estimate of drug-likeness (QED) is 0.504. The van der Waals surface area contributed by atoms with Crippen LogP contribution in [0.25, 0.3) is 38.8 Å². The van der Waals surface area contributed by atoms with Gasteiger partial charge in [-0.3, -0.25) is 9.59 Å². The van der Waals surface area contributed by atoms with E-state index in [0.717, 1.165) is 32.7 Å². The molecule has 2 heterocycles. The van der Waals surface area contributed by atoms with Crippen LogP contribution in [0.1, 0.15) is 16.1 Å². The number of carbonyl (C=O) groups is 2. The molecule has 0 fully saturated rings. The molecule has 0 unspecified atom stereocenters. The van der Waals surface area contributed by atoms with Crippen LogP contribution >= 0.6 is 0 Å². The van der Waals surface area contributed by atoms with Crippen molar-refractivity contribution in [1.82, 2.24) is 9.97 Å². The minimum atomic E-state index is -0.488. The number of allylic oxidation sites excluding steroid dienone is 1. The smallest absolute Gasteiger partial charge is 0.234 e. The van der Waals surface area contributed by atoms with E-state index in [2.05, 4.69) is 4.98 Å². The summed E-state index contributed by atoms with van der Waals surface area (Å²) in [5.41, 5.74) is 3.74. The number of Topliss-reactive ketones (excluding diaryl/α,β-unsaturated/α-hetero) is 1. The highest BCUT2D eigenvalue weighted by atomic mass is 16.2. The van der Waals surface area contributed by atoms with E-state index in [1.165, 1.54) is 6.08 Å². The van der Waals surface area contributed by atoms with Crippen LogP contribution in [-0.4, -0.2) is 21.5 Å². The van der Waals surface area contributed by atoms with Crippen molar-refractivity contribution in [3.8, 4) is 0 Å². The van der Waals surface area contributed by atoms with Crippen molar-refractivity contribution in [2.75, 3.05) is 0 Å². The van der Waals surface area contributed by atoms with Gasteiger partial charge in [-0.1, -0.05) is 24.3 Å². The third-order valence-electron chi connectivity index (χ3n) is 4.36. The summed E-state index contributed by atoms with van der Waals surface area (Å²) in [5, 5.41) is 2.99. The van der Waals surface area contributed by atoms with E-state index in [4.69, 9.17) is 4.98 Å². The number of hydrogen-bond acceptors (Lipinski definition) is 3. The first kappa shape index (κ1) is 12.3. The summed E-state index contributed by atoms with van der Waals surface area (Å²) in [4.78, 5) is 31.7. The standard InChI is InChI=1S/C19H10N2O2/c22-17-8-7-16-13(19(17)23)9-12-15(20-16)6-5-11-10-3-1-2-4-14(10)21-18(11)12/h1-9,20H. The molecular formula is C19H10N2O2. The summed E-state index contributed by atoms with van der Waals surface area (Å²) < 4.78 is 0. The lowest BCUT2D eigenvalue weighted by atomic mass is 9.97. The lowest BCUT2D eigenvalue weighted by molar-refractivity contribution is -0.110. The Kier molecular flexibility index (Phi) is 2.21. The summed E-state index contributed by atoms with van der Waals surface area (Å²) in [6.45, 7) is 0. The topological polar surface area (TPSA) is 62.8 Å². The lowest BCUT2D eigenvalue weighted by Crippen LogP contribution is -2.17. The Morgan fingerprint density at radius 3 is 2.65 bits per heavy atom. The summed E-state index contributed by atoms with van der Waals surface area (Å²) in [6.07, 6.45) is 2.96. The summed E-state index contributed by atoms with van der Waals surface area (Å²) in [6, 6.07) is 13.8. The molecule has 4 heteroatoms. The Bertz CT molecular complexity index is 1200. The number of ketones is 2. The monoisotopic (exact) mass is 298 g/mol. The molecule has 2 aromatic heterocycles. The Morgan fingerprint density at radius 2 is 1.74 bits per heavy atom. The number of hydrogen-bond donors (Lipinski definition) is 1. The van der Waals surface area contributed by atoms with Crippen molar-refractivity contribution in [3.63, 3.8) is 0 Å². The number of carbonyl (C=O) groups excluding carboxylic acids is 2. The number of para-hydroxylation sites is 1. The largest absolute Gasteiger partial charge is 0.354 e. The molecule has 4 aromatic rings. The predicted octanol–water partition coefficient (Wildman–Crippen LogP) is 3.65. The average Bonchev–Trinajstić information content (AvgIpc) is 2.96. The highest BCUT2D eigenvalue weighted by molar-refractivity contribution is 6.50. The molecule has 0 saturated carbocycles. The first-order valence-electron chi connectivity index (χ1n) is 7.33. The second-order valence-electron chi connectivity index (χ2n) is 5.68. The number of aromatic amines is 1. The number of fused-ring (bicyclic) bond motifs is 6. The molecule has 0 amide bonds. The normalized spacial score (nSPS) is 14.1. The van der Waals surface area contributed by atoms with Gasteiger partial charge in [0.15, 0.2) is 0 Å². The van der Waals surface area contributed by atoms with E-state index in [9.17, 15) is 9.59 Å². The van der Waals surface area contributed by atoms with Crippen LogP contribution in [0.4, 0.5) is 0 Å². The maximum Gasteiger partial charge on any atom is 0.234 e. The highest BCUT2D eigenvalue weighted by Gasteiger charge is 2.22. The molecule has 0 atom stereocenters. The molecule has 0 aliphatic heterocycles. The van der Waals surface area contributed by atoms with E-state index in [1.54, 1.807) is 12.1 Å². The van der Waals surface area contributed by atoms with Crippen molar-refractivity contribution in [2.45, 2.75) is 0 Å². The van der Waals surface area contributed by atoms with Gasteiger partial charge in [-0.05, 0) is 30.4 Å². The zero-order valence-electron chi connectivity index (χ0n) is 12.0. The van der Waals surface area contributed by atoms with Crippen LogP contribution in [0.2, 0.25) is 0 Å². The third kappa shape index (κ3) is 1.57. The zero-order valence-corrected chi connectivity index (χ0v) is 12.0. The fourth-order valence-corrected chi connectivity index (χ4v) is 3.24. The molecule has 0 bridgehead atoms. The minimum absolute atomic E-state index is 0.407. The van der Waals surface area contributed by atoms with Crippen LogP contribution in [-0.2, 0) is 4.79 Å². The van der Waals surface area contributed by atoms with Crippen molar-refractivity contribution in [1.29, 1.82) is 0 Å². The SMILES string of the molecule is O=C1C=Cc2[nH]c3ccc4c5ccccc5nc4c3cc2C1=O. The number of benzene rings is 2. The molecule has 0 radical (unpaired) electrons. The number of nitrogens with one attached hydrogen (secondary N) is 1. The van der Waals surface area contributed by atoms with Crippen LogP contribution < -0.4 is 0 Å². The maximum atomic E-state index is 12.1.